The molecule has 6 heteroatoms. The van der Waals surface area contributed by atoms with Gasteiger partial charge in [0.1, 0.15) is 35.8 Å². The molecule has 0 saturated carbocycles. The SMILES string of the molecule is CCCCCCCCCCOc1ccc2cc(C#N)c(C#N)c3c4c(OCCCCCCCCCC)ccc5cc(C#N)c(C#N)c(c1c23)c54. The third-order valence-corrected chi connectivity index (χ3v) is 10.0. The van der Waals surface area contributed by atoms with E-state index in [0.29, 0.717) is 46.3 Å². The van der Waals surface area contributed by atoms with Gasteiger partial charge in [-0.05, 0) is 47.9 Å². The molecule has 0 unspecified atom stereocenters. The largest absolute Gasteiger partial charge is 0.493 e. The van der Waals surface area contributed by atoms with Gasteiger partial charge in [-0.3, -0.25) is 0 Å². The van der Waals surface area contributed by atoms with Crippen molar-refractivity contribution in [1.29, 1.82) is 21.0 Å². The predicted molar refractivity (Wildman–Crippen MR) is 203 cm³/mol. The summed E-state index contributed by atoms with van der Waals surface area (Å²) in [5.41, 5.74) is 1.13. The van der Waals surface area contributed by atoms with Crippen LogP contribution in [0.5, 0.6) is 11.5 Å². The highest BCUT2D eigenvalue weighted by molar-refractivity contribution is 6.37. The third-order valence-electron chi connectivity index (χ3n) is 10.0. The first-order chi connectivity index (χ1) is 24.6. The average molecular weight is 665 g/mol. The molecule has 0 saturated heterocycles. The van der Waals surface area contributed by atoms with Gasteiger partial charge in [-0.15, -0.1) is 0 Å². The summed E-state index contributed by atoms with van der Waals surface area (Å²) < 4.78 is 13.0. The van der Waals surface area contributed by atoms with Gasteiger partial charge in [0.15, 0.2) is 0 Å². The van der Waals surface area contributed by atoms with E-state index >= 15 is 0 Å². The lowest BCUT2D eigenvalue weighted by Crippen LogP contribution is -2.03. The predicted octanol–water partition coefficient (Wildman–Crippen LogP) is 12.3. The molecule has 5 aromatic rings. The number of hydrogen-bond donors (Lipinski definition) is 0. The average Bonchev–Trinajstić information content (AvgIpc) is 3.14. The molecule has 6 nitrogen and oxygen atoms in total. The number of ether oxygens (including phenoxy) is 2. The van der Waals surface area contributed by atoms with Crippen LogP contribution in [0.25, 0.3) is 43.1 Å². The van der Waals surface area contributed by atoms with E-state index in [4.69, 9.17) is 9.47 Å². The molecule has 0 aliphatic heterocycles. The van der Waals surface area contributed by atoms with Crippen molar-refractivity contribution < 1.29 is 9.47 Å². The van der Waals surface area contributed by atoms with Crippen LogP contribution in [0.3, 0.4) is 0 Å². The molecule has 0 bridgehead atoms. The molecule has 0 radical (unpaired) electrons. The number of unbranched alkanes of at least 4 members (excludes halogenated alkanes) is 14. The zero-order chi connectivity index (χ0) is 35.3. The van der Waals surface area contributed by atoms with Gasteiger partial charge in [-0.25, -0.2) is 0 Å². The topological polar surface area (TPSA) is 114 Å². The van der Waals surface area contributed by atoms with Crippen molar-refractivity contribution in [1.82, 2.24) is 0 Å². The van der Waals surface area contributed by atoms with E-state index in [0.717, 1.165) is 47.2 Å². The number of nitriles is 4. The molecular weight excluding hydrogens is 617 g/mol. The van der Waals surface area contributed by atoms with Crippen molar-refractivity contribution in [2.45, 2.75) is 117 Å². The second-order valence-corrected chi connectivity index (χ2v) is 13.5. The van der Waals surface area contributed by atoms with E-state index < -0.39 is 0 Å². The summed E-state index contributed by atoms with van der Waals surface area (Å²) >= 11 is 0. The summed E-state index contributed by atoms with van der Waals surface area (Å²) in [7, 11) is 0. The van der Waals surface area contributed by atoms with Gasteiger partial charge in [-0.2, -0.15) is 21.0 Å². The van der Waals surface area contributed by atoms with E-state index in [2.05, 4.69) is 38.1 Å². The Morgan fingerprint density at radius 3 is 1.12 bits per heavy atom. The van der Waals surface area contributed by atoms with E-state index in [1.165, 1.54) is 77.0 Å². The molecular formula is C44H48N4O2. The highest BCUT2D eigenvalue weighted by Crippen LogP contribution is 2.50. The van der Waals surface area contributed by atoms with Crippen LogP contribution in [-0.2, 0) is 0 Å². The molecule has 50 heavy (non-hydrogen) atoms. The smallest absolute Gasteiger partial charge is 0.127 e. The molecule has 0 heterocycles. The fraction of sp³-hybridized carbons (Fsp3) is 0.455. The van der Waals surface area contributed by atoms with Gasteiger partial charge in [-0.1, -0.05) is 116 Å². The van der Waals surface area contributed by atoms with E-state index in [1.54, 1.807) is 12.1 Å². The van der Waals surface area contributed by atoms with Crippen LogP contribution in [0.1, 0.15) is 139 Å². The Hall–Kier alpha value is -5.04. The molecule has 0 spiro atoms. The number of hydrogen-bond acceptors (Lipinski definition) is 6. The molecule has 0 amide bonds. The van der Waals surface area contributed by atoms with Gasteiger partial charge in [0.25, 0.3) is 0 Å². The van der Waals surface area contributed by atoms with Crippen molar-refractivity contribution in [2.24, 2.45) is 0 Å². The Labute approximate surface area is 297 Å². The Morgan fingerprint density at radius 1 is 0.420 bits per heavy atom. The first-order valence-corrected chi connectivity index (χ1v) is 18.8. The van der Waals surface area contributed by atoms with Crippen molar-refractivity contribution in [3.63, 3.8) is 0 Å². The molecule has 5 rings (SSSR count). The normalized spacial score (nSPS) is 11.2. The minimum Gasteiger partial charge on any atom is -0.493 e. The van der Waals surface area contributed by atoms with Crippen molar-refractivity contribution >= 4 is 43.1 Å². The number of rotatable bonds is 20. The Morgan fingerprint density at radius 2 is 0.780 bits per heavy atom. The molecule has 0 fully saturated rings. The minimum absolute atomic E-state index is 0.277. The second kappa shape index (κ2) is 18.1. The lowest BCUT2D eigenvalue weighted by atomic mass is 9.83. The highest BCUT2D eigenvalue weighted by Gasteiger charge is 2.26. The van der Waals surface area contributed by atoms with Gasteiger partial charge >= 0.3 is 0 Å². The molecule has 0 aliphatic rings. The van der Waals surface area contributed by atoms with Crippen LogP contribution < -0.4 is 9.47 Å². The molecule has 5 aromatic carbocycles. The summed E-state index contributed by atoms with van der Waals surface area (Å²) in [6.45, 7) is 5.49. The van der Waals surface area contributed by atoms with Crippen molar-refractivity contribution in [3.05, 3.63) is 58.7 Å². The van der Waals surface area contributed by atoms with Gasteiger partial charge in [0.05, 0.1) is 35.5 Å². The standard InChI is InChI=1S/C44H48N4O2/c1-3-5-7-9-11-13-15-17-23-49-37-21-19-31-25-34(28-46)36(30-48)42-39(31)43(37)41-35(29-47)33(27-45)26-32-20-22-38(44(42)40(32)41)50-24-18-16-14-12-10-8-6-4-2/h19-22,25-26H,3-18,23-24H2,1-2H3. The minimum atomic E-state index is 0.277. The third kappa shape index (κ3) is 7.72. The summed E-state index contributed by atoms with van der Waals surface area (Å²) in [5.74, 6) is 1.22. The van der Waals surface area contributed by atoms with Crippen LogP contribution in [-0.4, -0.2) is 13.2 Å². The van der Waals surface area contributed by atoms with Gasteiger partial charge < -0.3 is 9.47 Å². The number of benzene rings is 5. The molecule has 0 atom stereocenters. The van der Waals surface area contributed by atoms with E-state index in [1.807, 2.05) is 24.3 Å². The Balaban J connectivity index is 1.61. The highest BCUT2D eigenvalue weighted by atomic mass is 16.5. The van der Waals surface area contributed by atoms with Crippen molar-refractivity contribution in [2.75, 3.05) is 13.2 Å². The summed E-state index contributed by atoms with van der Waals surface area (Å²) in [5, 5.41) is 47.2. The van der Waals surface area contributed by atoms with Crippen LogP contribution in [0.15, 0.2) is 36.4 Å². The van der Waals surface area contributed by atoms with Crippen molar-refractivity contribution in [3.8, 4) is 35.8 Å². The van der Waals surface area contributed by atoms with Gasteiger partial charge in [0, 0.05) is 32.3 Å². The number of fused-ring (bicyclic) bond motifs is 2. The molecule has 0 aliphatic carbocycles. The first-order valence-electron chi connectivity index (χ1n) is 18.8. The lowest BCUT2D eigenvalue weighted by molar-refractivity contribution is 0.307. The molecule has 0 N–H and O–H groups in total. The van der Waals surface area contributed by atoms with E-state index in [-0.39, 0.29) is 22.3 Å². The maximum absolute atomic E-state index is 10.6. The lowest BCUT2D eigenvalue weighted by Gasteiger charge is -2.21. The molecule has 0 aromatic heterocycles. The second-order valence-electron chi connectivity index (χ2n) is 13.5. The zero-order valence-electron chi connectivity index (χ0n) is 29.8. The molecule has 256 valence electrons. The summed E-state index contributed by atoms with van der Waals surface area (Å²) in [6.07, 6.45) is 18.9. The first kappa shape index (κ1) is 36.2. The zero-order valence-corrected chi connectivity index (χ0v) is 29.8. The Bertz CT molecular complexity index is 1950. The van der Waals surface area contributed by atoms with E-state index in [9.17, 15) is 21.0 Å². The quantitative estimate of drug-likeness (QED) is 0.0464. The van der Waals surface area contributed by atoms with Crippen LogP contribution in [0, 0.1) is 45.3 Å². The van der Waals surface area contributed by atoms with Crippen LogP contribution >= 0.6 is 0 Å². The monoisotopic (exact) mass is 664 g/mol. The maximum atomic E-state index is 10.6. The van der Waals surface area contributed by atoms with Crippen LogP contribution in [0.4, 0.5) is 0 Å². The van der Waals surface area contributed by atoms with Gasteiger partial charge in [0.2, 0.25) is 0 Å². The number of nitrogens with zero attached hydrogens (tertiary/aromatic N) is 4. The maximum Gasteiger partial charge on any atom is 0.127 e. The Kier molecular flexibility index (Phi) is 13.1. The summed E-state index contributed by atoms with van der Waals surface area (Å²) in [4.78, 5) is 0. The van der Waals surface area contributed by atoms with Crippen LogP contribution in [0.2, 0.25) is 0 Å². The fourth-order valence-electron chi connectivity index (χ4n) is 7.43. The fourth-order valence-corrected chi connectivity index (χ4v) is 7.43. The summed E-state index contributed by atoms with van der Waals surface area (Å²) in [6, 6.07) is 20.3.